The van der Waals surface area contributed by atoms with Gasteiger partial charge in [0.25, 0.3) is 0 Å². The van der Waals surface area contributed by atoms with E-state index in [1.54, 1.807) is 18.2 Å². The van der Waals surface area contributed by atoms with E-state index in [-0.39, 0.29) is 12.4 Å². The molecule has 0 bridgehead atoms. The Hall–Kier alpha value is -0.480. The number of carboxylic acids is 1. The van der Waals surface area contributed by atoms with Crippen molar-refractivity contribution in [3.8, 4) is 0 Å². The minimum Gasteiger partial charge on any atom is -0.480 e. The van der Waals surface area contributed by atoms with Crippen LogP contribution in [0.4, 0.5) is 0 Å². The van der Waals surface area contributed by atoms with E-state index in [9.17, 15) is 4.79 Å². The third kappa shape index (κ3) is 3.29. The van der Waals surface area contributed by atoms with Crippen LogP contribution in [-0.4, -0.2) is 28.6 Å². The highest BCUT2D eigenvalue weighted by molar-refractivity contribution is 6.35. The van der Waals surface area contributed by atoms with Gasteiger partial charge in [-0.25, -0.2) is 0 Å². The van der Waals surface area contributed by atoms with Gasteiger partial charge in [-0.2, -0.15) is 0 Å². The van der Waals surface area contributed by atoms with Gasteiger partial charge in [-0.05, 0) is 31.5 Å². The minimum atomic E-state index is -0.773. The molecular weight excluding hydrogens is 296 g/mol. The van der Waals surface area contributed by atoms with Gasteiger partial charge in [0.05, 0.1) is 0 Å². The zero-order valence-electron chi connectivity index (χ0n) is 9.60. The van der Waals surface area contributed by atoms with Crippen molar-refractivity contribution in [2.24, 2.45) is 0 Å². The molecule has 1 N–H and O–H groups in total. The number of benzene rings is 1. The summed E-state index contributed by atoms with van der Waals surface area (Å²) in [5.41, 5.74) is 0.809. The van der Waals surface area contributed by atoms with Crippen LogP contribution in [0, 0.1) is 0 Å². The number of likely N-dealkylation sites (tertiary alicyclic amines) is 1. The van der Waals surface area contributed by atoms with Gasteiger partial charge in [0, 0.05) is 22.2 Å². The van der Waals surface area contributed by atoms with Crippen molar-refractivity contribution in [2.45, 2.75) is 25.4 Å². The average Bonchev–Trinajstić information content (AvgIpc) is 2.72. The number of aliphatic carboxylic acids is 1. The molecular formula is C12H14Cl3NO2. The van der Waals surface area contributed by atoms with Gasteiger partial charge in [0.1, 0.15) is 6.04 Å². The van der Waals surface area contributed by atoms with Gasteiger partial charge in [0.2, 0.25) is 0 Å². The van der Waals surface area contributed by atoms with Crippen LogP contribution in [0.3, 0.4) is 0 Å². The maximum absolute atomic E-state index is 11.1. The lowest BCUT2D eigenvalue weighted by Crippen LogP contribution is -2.35. The topological polar surface area (TPSA) is 40.5 Å². The Morgan fingerprint density at radius 1 is 1.39 bits per heavy atom. The van der Waals surface area contributed by atoms with E-state index in [0.717, 1.165) is 18.5 Å². The van der Waals surface area contributed by atoms with E-state index in [0.29, 0.717) is 23.0 Å². The number of nitrogens with zero attached hydrogens (tertiary/aromatic N) is 1. The molecule has 1 heterocycles. The highest BCUT2D eigenvalue weighted by Gasteiger charge is 2.30. The minimum absolute atomic E-state index is 0. The standard InChI is InChI=1S/C12H13Cl2NO2.ClH/c13-9-3-1-4-10(14)8(9)7-15-6-2-5-11(15)12(16)17;/h1,3-4,11H,2,5-7H2,(H,16,17);1H/t11-;/m0./s1. The van der Waals surface area contributed by atoms with Crippen LogP contribution in [-0.2, 0) is 11.3 Å². The van der Waals surface area contributed by atoms with Crippen molar-refractivity contribution in [1.29, 1.82) is 0 Å². The number of rotatable bonds is 3. The zero-order chi connectivity index (χ0) is 12.4. The Bertz CT molecular complexity index is 419. The number of halogens is 3. The summed E-state index contributed by atoms with van der Waals surface area (Å²) in [6, 6.07) is 4.91. The first-order valence-corrected chi connectivity index (χ1v) is 6.25. The van der Waals surface area contributed by atoms with Crippen molar-refractivity contribution in [1.82, 2.24) is 4.90 Å². The van der Waals surface area contributed by atoms with Crippen LogP contribution >= 0.6 is 35.6 Å². The van der Waals surface area contributed by atoms with Crippen molar-refractivity contribution in [3.05, 3.63) is 33.8 Å². The normalized spacial score (nSPS) is 19.6. The van der Waals surface area contributed by atoms with E-state index in [1.165, 1.54) is 0 Å². The first kappa shape index (κ1) is 15.6. The van der Waals surface area contributed by atoms with E-state index in [2.05, 4.69) is 0 Å². The van der Waals surface area contributed by atoms with Gasteiger partial charge >= 0.3 is 5.97 Å². The second-order valence-electron chi connectivity index (χ2n) is 4.17. The molecule has 6 heteroatoms. The molecule has 1 aromatic carbocycles. The van der Waals surface area contributed by atoms with Gasteiger partial charge in [-0.15, -0.1) is 12.4 Å². The molecule has 1 aliphatic rings. The van der Waals surface area contributed by atoms with Crippen LogP contribution in [0.5, 0.6) is 0 Å². The molecule has 0 amide bonds. The fraction of sp³-hybridized carbons (Fsp3) is 0.417. The Balaban J connectivity index is 0.00000162. The van der Waals surface area contributed by atoms with Crippen LogP contribution in [0.25, 0.3) is 0 Å². The Morgan fingerprint density at radius 3 is 2.56 bits per heavy atom. The van der Waals surface area contributed by atoms with Crippen LogP contribution < -0.4 is 0 Å². The molecule has 0 unspecified atom stereocenters. The quantitative estimate of drug-likeness (QED) is 0.929. The first-order chi connectivity index (χ1) is 8.09. The predicted molar refractivity (Wildman–Crippen MR) is 74.8 cm³/mol. The molecule has 1 atom stereocenters. The highest BCUT2D eigenvalue weighted by atomic mass is 35.5. The molecule has 2 rings (SSSR count). The fourth-order valence-electron chi connectivity index (χ4n) is 2.18. The number of hydrogen-bond acceptors (Lipinski definition) is 2. The van der Waals surface area contributed by atoms with Crippen molar-refractivity contribution in [3.63, 3.8) is 0 Å². The van der Waals surface area contributed by atoms with E-state index in [1.807, 2.05) is 4.90 Å². The van der Waals surface area contributed by atoms with E-state index < -0.39 is 12.0 Å². The van der Waals surface area contributed by atoms with Crippen molar-refractivity contribution < 1.29 is 9.90 Å². The smallest absolute Gasteiger partial charge is 0.320 e. The fourth-order valence-corrected chi connectivity index (χ4v) is 2.70. The van der Waals surface area contributed by atoms with Gasteiger partial charge in [-0.1, -0.05) is 29.3 Å². The Kier molecular flexibility index (Phi) is 5.73. The predicted octanol–water partition coefficient (Wildman–Crippen LogP) is 3.46. The van der Waals surface area contributed by atoms with Gasteiger partial charge in [-0.3, -0.25) is 9.69 Å². The van der Waals surface area contributed by atoms with Crippen molar-refractivity contribution in [2.75, 3.05) is 6.54 Å². The molecule has 3 nitrogen and oxygen atoms in total. The Labute approximate surface area is 122 Å². The molecule has 1 aliphatic heterocycles. The lowest BCUT2D eigenvalue weighted by molar-refractivity contribution is -0.142. The number of hydrogen-bond donors (Lipinski definition) is 1. The lowest BCUT2D eigenvalue weighted by atomic mass is 10.2. The molecule has 1 aromatic rings. The van der Waals surface area contributed by atoms with Gasteiger partial charge in [0.15, 0.2) is 0 Å². The SMILES string of the molecule is Cl.O=C(O)[C@@H]1CCCN1Cc1c(Cl)cccc1Cl. The summed E-state index contributed by atoms with van der Waals surface area (Å²) in [6.45, 7) is 1.27. The van der Waals surface area contributed by atoms with Crippen LogP contribution in [0.2, 0.25) is 10.0 Å². The Morgan fingerprint density at radius 2 is 2.00 bits per heavy atom. The zero-order valence-corrected chi connectivity index (χ0v) is 11.9. The van der Waals surface area contributed by atoms with Crippen LogP contribution in [0.1, 0.15) is 18.4 Å². The summed E-state index contributed by atoms with van der Waals surface area (Å²) in [4.78, 5) is 13.0. The molecule has 100 valence electrons. The summed E-state index contributed by atoms with van der Waals surface area (Å²) in [7, 11) is 0. The molecule has 1 saturated heterocycles. The monoisotopic (exact) mass is 309 g/mol. The number of carbonyl (C=O) groups is 1. The average molecular weight is 311 g/mol. The largest absolute Gasteiger partial charge is 0.480 e. The van der Waals surface area contributed by atoms with E-state index in [4.69, 9.17) is 28.3 Å². The molecule has 0 aromatic heterocycles. The summed E-state index contributed by atoms with van der Waals surface area (Å²) in [5, 5.41) is 10.3. The molecule has 1 fully saturated rings. The molecule has 0 saturated carbocycles. The van der Waals surface area contributed by atoms with Gasteiger partial charge < -0.3 is 5.11 Å². The summed E-state index contributed by atoms with van der Waals surface area (Å²) >= 11 is 12.2. The maximum atomic E-state index is 11.1. The number of carboxylic acid groups (broad SMARTS) is 1. The summed E-state index contributed by atoms with van der Waals surface area (Å²) < 4.78 is 0. The molecule has 18 heavy (non-hydrogen) atoms. The second-order valence-corrected chi connectivity index (χ2v) is 4.98. The summed E-state index contributed by atoms with van der Waals surface area (Å²) in [5.74, 6) is -0.773. The van der Waals surface area contributed by atoms with Crippen molar-refractivity contribution >= 4 is 41.6 Å². The third-order valence-corrected chi connectivity index (χ3v) is 3.78. The van der Waals surface area contributed by atoms with Crippen LogP contribution in [0.15, 0.2) is 18.2 Å². The summed E-state index contributed by atoms with van der Waals surface area (Å²) in [6.07, 6.45) is 1.59. The highest BCUT2D eigenvalue weighted by Crippen LogP contribution is 2.28. The molecule has 0 spiro atoms. The molecule has 0 radical (unpaired) electrons. The van der Waals surface area contributed by atoms with E-state index >= 15 is 0 Å². The third-order valence-electron chi connectivity index (χ3n) is 3.07. The first-order valence-electron chi connectivity index (χ1n) is 5.49. The lowest BCUT2D eigenvalue weighted by Gasteiger charge is -2.22. The maximum Gasteiger partial charge on any atom is 0.320 e. The second kappa shape index (κ2) is 6.62. The molecule has 0 aliphatic carbocycles.